The number of hydrogen-bond donors (Lipinski definition) is 1. The number of nitrogens with one attached hydrogen (secondary N) is 1. The maximum Gasteiger partial charge on any atom is 0.148 e. The Morgan fingerprint density at radius 1 is 1.40 bits per heavy atom. The van der Waals surface area contributed by atoms with Crippen LogP contribution in [0.4, 0.5) is 0 Å². The minimum absolute atomic E-state index is 0.591. The van der Waals surface area contributed by atoms with Gasteiger partial charge in [0.15, 0.2) is 0 Å². The number of fused-ring (bicyclic) bond motifs is 1. The van der Waals surface area contributed by atoms with E-state index in [1.807, 2.05) is 12.1 Å². The summed E-state index contributed by atoms with van der Waals surface area (Å²) in [6.45, 7) is 5.28. The van der Waals surface area contributed by atoms with E-state index in [4.69, 9.17) is 16.0 Å². The van der Waals surface area contributed by atoms with Crippen LogP contribution in [-0.2, 0) is 13.0 Å². The molecule has 0 aliphatic heterocycles. The average Bonchev–Trinajstić information content (AvgIpc) is 3.12. The lowest BCUT2D eigenvalue weighted by molar-refractivity contribution is 0.499. The summed E-state index contributed by atoms with van der Waals surface area (Å²) >= 11 is 9.75. The van der Waals surface area contributed by atoms with Gasteiger partial charge in [0.2, 0.25) is 0 Å². The van der Waals surface area contributed by atoms with Crippen molar-refractivity contribution in [1.82, 2.24) is 5.32 Å². The smallest absolute Gasteiger partial charge is 0.148 e. The molecular weight excluding hydrogens is 338 g/mol. The van der Waals surface area contributed by atoms with E-state index in [9.17, 15) is 0 Å². The van der Waals surface area contributed by atoms with Gasteiger partial charge in [-0.2, -0.15) is 0 Å². The molecule has 1 N–H and O–H groups in total. The summed E-state index contributed by atoms with van der Waals surface area (Å²) in [6.07, 6.45) is 3.59. The number of furan rings is 1. The molecule has 2 nitrogen and oxygen atoms in total. The molecule has 108 valence electrons. The van der Waals surface area contributed by atoms with Gasteiger partial charge in [-0.3, -0.25) is 0 Å². The second-order valence-electron chi connectivity index (χ2n) is 6.02. The first-order valence-electron chi connectivity index (χ1n) is 7.17. The third-order valence-electron chi connectivity index (χ3n) is 3.64. The van der Waals surface area contributed by atoms with Crippen molar-refractivity contribution in [2.75, 3.05) is 0 Å². The Hall–Kier alpha value is -0.510. The van der Waals surface area contributed by atoms with Crippen molar-refractivity contribution in [3.63, 3.8) is 0 Å². The summed E-state index contributed by atoms with van der Waals surface area (Å²) in [7, 11) is 0. The molecule has 0 spiro atoms. The van der Waals surface area contributed by atoms with E-state index in [-0.39, 0.29) is 0 Å². The van der Waals surface area contributed by atoms with Crippen molar-refractivity contribution >= 4 is 38.5 Å². The van der Waals surface area contributed by atoms with E-state index >= 15 is 0 Å². The number of hydrogen-bond acceptors (Lipinski definition) is 2. The van der Waals surface area contributed by atoms with Crippen molar-refractivity contribution in [2.45, 2.75) is 45.7 Å². The van der Waals surface area contributed by atoms with Gasteiger partial charge in [-0.1, -0.05) is 25.4 Å². The molecule has 0 saturated heterocycles. The monoisotopic (exact) mass is 355 g/mol. The first kappa shape index (κ1) is 14.4. The van der Waals surface area contributed by atoms with Gasteiger partial charge in [-0.15, -0.1) is 0 Å². The predicted octanol–water partition coefficient (Wildman–Crippen LogP) is 5.30. The van der Waals surface area contributed by atoms with Crippen LogP contribution >= 0.6 is 27.5 Å². The fraction of sp³-hybridized carbons (Fsp3) is 0.500. The number of benzene rings is 1. The van der Waals surface area contributed by atoms with Gasteiger partial charge in [0.1, 0.15) is 11.3 Å². The fourth-order valence-electron chi connectivity index (χ4n) is 2.52. The van der Waals surface area contributed by atoms with Crippen molar-refractivity contribution in [1.29, 1.82) is 0 Å². The zero-order valence-corrected chi connectivity index (χ0v) is 14.1. The molecule has 0 amide bonds. The van der Waals surface area contributed by atoms with Gasteiger partial charge < -0.3 is 9.73 Å². The first-order valence-corrected chi connectivity index (χ1v) is 8.34. The third kappa shape index (κ3) is 3.05. The Bertz CT molecular complexity index is 631. The SMILES string of the molecule is CC(C)Cc1c(CNC2CC2)oc2c(Br)cc(Cl)cc12. The van der Waals surface area contributed by atoms with Crippen LogP contribution in [0.5, 0.6) is 0 Å². The lowest BCUT2D eigenvalue weighted by atomic mass is 10.00. The average molecular weight is 357 g/mol. The lowest BCUT2D eigenvalue weighted by Gasteiger charge is -2.07. The number of rotatable bonds is 5. The third-order valence-corrected chi connectivity index (χ3v) is 4.44. The van der Waals surface area contributed by atoms with Crippen LogP contribution in [0.1, 0.15) is 38.0 Å². The Labute approximate surface area is 133 Å². The fourth-order valence-corrected chi connectivity index (χ4v) is 3.41. The molecule has 3 rings (SSSR count). The van der Waals surface area contributed by atoms with Crippen molar-refractivity contribution in [2.24, 2.45) is 5.92 Å². The molecule has 1 aromatic carbocycles. The first-order chi connectivity index (χ1) is 9.54. The van der Waals surface area contributed by atoms with Gasteiger partial charge in [0.25, 0.3) is 0 Å². The van der Waals surface area contributed by atoms with Gasteiger partial charge in [0.05, 0.1) is 11.0 Å². The maximum absolute atomic E-state index is 6.19. The summed E-state index contributed by atoms with van der Waals surface area (Å²) in [6, 6.07) is 4.59. The summed E-state index contributed by atoms with van der Waals surface area (Å²) < 4.78 is 7.03. The number of halogens is 2. The molecule has 4 heteroatoms. The summed E-state index contributed by atoms with van der Waals surface area (Å²) in [5.74, 6) is 1.65. The minimum atomic E-state index is 0.591. The highest BCUT2D eigenvalue weighted by Crippen LogP contribution is 2.36. The molecule has 0 unspecified atom stereocenters. The van der Waals surface area contributed by atoms with Crippen molar-refractivity contribution in [3.8, 4) is 0 Å². The van der Waals surface area contributed by atoms with Gasteiger partial charge in [-0.25, -0.2) is 0 Å². The van der Waals surface area contributed by atoms with E-state index in [1.54, 1.807) is 0 Å². The van der Waals surface area contributed by atoms with E-state index in [2.05, 4.69) is 35.1 Å². The second-order valence-corrected chi connectivity index (χ2v) is 7.31. The van der Waals surface area contributed by atoms with Crippen LogP contribution in [0.2, 0.25) is 5.02 Å². The van der Waals surface area contributed by atoms with E-state index < -0.39 is 0 Å². The molecule has 1 aliphatic rings. The molecular formula is C16H19BrClNO. The summed E-state index contributed by atoms with van der Waals surface area (Å²) in [5, 5.41) is 5.43. The van der Waals surface area contributed by atoms with Gasteiger partial charge >= 0.3 is 0 Å². The van der Waals surface area contributed by atoms with Gasteiger partial charge in [-0.05, 0) is 53.2 Å². The van der Waals surface area contributed by atoms with Crippen LogP contribution in [-0.4, -0.2) is 6.04 Å². The molecule has 1 aliphatic carbocycles. The maximum atomic E-state index is 6.19. The molecule has 0 atom stereocenters. The zero-order valence-electron chi connectivity index (χ0n) is 11.8. The molecule has 2 aromatic rings. The summed E-state index contributed by atoms with van der Waals surface area (Å²) in [5.41, 5.74) is 2.21. The Balaban J connectivity index is 2.03. The zero-order chi connectivity index (χ0) is 14.3. The normalized spacial score (nSPS) is 15.4. The lowest BCUT2D eigenvalue weighted by Crippen LogP contribution is -2.16. The highest BCUT2D eigenvalue weighted by molar-refractivity contribution is 9.10. The molecule has 1 saturated carbocycles. The molecule has 0 radical (unpaired) electrons. The Morgan fingerprint density at radius 2 is 2.15 bits per heavy atom. The minimum Gasteiger partial charge on any atom is -0.458 e. The van der Waals surface area contributed by atoms with E-state index in [0.717, 1.165) is 39.2 Å². The quantitative estimate of drug-likeness (QED) is 0.786. The second kappa shape index (κ2) is 5.70. The highest BCUT2D eigenvalue weighted by Gasteiger charge is 2.23. The Morgan fingerprint density at radius 3 is 2.80 bits per heavy atom. The van der Waals surface area contributed by atoms with Crippen LogP contribution < -0.4 is 5.32 Å². The van der Waals surface area contributed by atoms with Gasteiger partial charge in [0, 0.05) is 22.0 Å². The van der Waals surface area contributed by atoms with Crippen LogP contribution in [0.25, 0.3) is 11.0 Å². The molecule has 1 fully saturated rings. The predicted molar refractivity (Wildman–Crippen MR) is 87.3 cm³/mol. The summed E-state index contributed by atoms with van der Waals surface area (Å²) in [4.78, 5) is 0. The topological polar surface area (TPSA) is 25.2 Å². The van der Waals surface area contributed by atoms with E-state index in [0.29, 0.717) is 12.0 Å². The van der Waals surface area contributed by atoms with Crippen LogP contribution in [0.15, 0.2) is 21.0 Å². The highest BCUT2D eigenvalue weighted by atomic mass is 79.9. The van der Waals surface area contributed by atoms with Crippen molar-refractivity contribution < 1.29 is 4.42 Å². The van der Waals surface area contributed by atoms with Crippen LogP contribution in [0.3, 0.4) is 0 Å². The van der Waals surface area contributed by atoms with E-state index in [1.165, 1.54) is 18.4 Å². The molecule has 20 heavy (non-hydrogen) atoms. The largest absolute Gasteiger partial charge is 0.458 e. The molecule has 1 heterocycles. The molecule has 1 aromatic heterocycles. The standard InChI is InChI=1S/C16H19BrClNO/c1-9(2)5-12-13-6-10(18)7-14(17)16(13)20-15(12)8-19-11-3-4-11/h6-7,9,11,19H,3-5,8H2,1-2H3. The van der Waals surface area contributed by atoms with Crippen LogP contribution in [0, 0.1) is 5.92 Å². The molecule has 0 bridgehead atoms. The van der Waals surface area contributed by atoms with Crippen molar-refractivity contribution in [3.05, 3.63) is 33.0 Å². The Kier molecular flexibility index (Phi) is 4.11.